The van der Waals surface area contributed by atoms with Gasteiger partial charge in [0.2, 0.25) is 0 Å². The molecule has 0 saturated carbocycles. The molecule has 0 spiro atoms. The molecular formula is C8H12O7. The molecule has 0 saturated heterocycles. The quantitative estimate of drug-likeness (QED) is 0.542. The zero-order valence-corrected chi connectivity index (χ0v) is 8.04. The van der Waals surface area contributed by atoms with E-state index < -0.39 is 36.5 Å². The summed E-state index contributed by atoms with van der Waals surface area (Å²) in [6.07, 6.45) is -3.43. The molecule has 7 heteroatoms. The zero-order chi connectivity index (χ0) is 12.0. The number of hydrogen-bond acceptors (Lipinski definition) is 4. The van der Waals surface area contributed by atoms with Crippen molar-refractivity contribution < 1.29 is 34.4 Å². The molecule has 0 aliphatic rings. The zero-order valence-electron chi connectivity index (χ0n) is 8.04. The molecule has 2 atom stereocenters. The van der Waals surface area contributed by atoms with Gasteiger partial charge in [0.05, 0.1) is 18.9 Å². The first-order valence-electron chi connectivity index (χ1n) is 4.14. The van der Waals surface area contributed by atoms with Gasteiger partial charge in [-0.2, -0.15) is 0 Å². The lowest BCUT2D eigenvalue weighted by Crippen LogP contribution is -2.31. The summed E-state index contributed by atoms with van der Waals surface area (Å²) in [6.45, 7) is 1.37. The number of carboxylic acids is 3. The standard InChI is InChI=1S/C8H12O7/c1-4(2-6(9)10)15-5(8(13)14)3-7(11)12/h4-5H,2-3H2,1H3,(H,9,10)(H,11,12)(H,13,14). The lowest BCUT2D eigenvalue weighted by Gasteiger charge is -2.16. The highest BCUT2D eigenvalue weighted by molar-refractivity contribution is 5.79. The van der Waals surface area contributed by atoms with Gasteiger partial charge in [-0.1, -0.05) is 0 Å². The minimum Gasteiger partial charge on any atom is -0.481 e. The molecule has 0 aromatic carbocycles. The van der Waals surface area contributed by atoms with Crippen LogP contribution in [0.25, 0.3) is 0 Å². The second kappa shape index (κ2) is 5.97. The first-order valence-corrected chi connectivity index (χ1v) is 4.14. The second-order valence-electron chi connectivity index (χ2n) is 2.97. The summed E-state index contributed by atoms with van der Waals surface area (Å²) in [7, 11) is 0. The number of carbonyl (C=O) groups is 3. The molecule has 0 fully saturated rings. The molecule has 0 aliphatic carbocycles. The van der Waals surface area contributed by atoms with Crippen LogP contribution >= 0.6 is 0 Å². The van der Waals surface area contributed by atoms with Gasteiger partial charge in [0, 0.05) is 0 Å². The van der Waals surface area contributed by atoms with Crippen molar-refractivity contribution in [3.63, 3.8) is 0 Å². The third-order valence-electron chi connectivity index (χ3n) is 1.49. The van der Waals surface area contributed by atoms with E-state index in [1.54, 1.807) is 0 Å². The van der Waals surface area contributed by atoms with Gasteiger partial charge in [-0.05, 0) is 6.92 Å². The highest BCUT2D eigenvalue weighted by Crippen LogP contribution is 2.06. The maximum atomic E-state index is 10.5. The summed E-state index contributed by atoms with van der Waals surface area (Å²) in [6, 6.07) is 0. The largest absolute Gasteiger partial charge is 0.481 e. The van der Waals surface area contributed by atoms with Crippen molar-refractivity contribution in [2.24, 2.45) is 0 Å². The third kappa shape index (κ3) is 6.44. The maximum Gasteiger partial charge on any atom is 0.333 e. The SMILES string of the molecule is CC(CC(=O)O)OC(CC(=O)O)C(=O)O. The topological polar surface area (TPSA) is 121 Å². The van der Waals surface area contributed by atoms with Crippen molar-refractivity contribution in [2.75, 3.05) is 0 Å². The van der Waals surface area contributed by atoms with Crippen LogP contribution in [0.15, 0.2) is 0 Å². The molecule has 0 heterocycles. The fourth-order valence-electron chi connectivity index (χ4n) is 0.927. The summed E-state index contributed by atoms with van der Waals surface area (Å²) >= 11 is 0. The van der Waals surface area contributed by atoms with Crippen LogP contribution in [-0.2, 0) is 19.1 Å². The van der Waals surface area contributed by atoms with Gasteiger partial charge in [-0.3, -0.25) is 9.59 Å². The van der Waals surface area contributed by atoms with Gasteiger partial charge in [-0.15, -0.1) is 0 Å². The van der Waals surface area contributed by atoms with E-state index in [-0.39, 0.29) is 6.42 Å². The molecule has 0 bridgehead atoms. The Morgan fingerprint density at radius 2 is 1.53 bits per heavy atom. The number of carboxylic acid groups (broad SMARTS) is 3. The first kappa shape index (κ1) is 13.4. The highest BCUT2D eigenvalue weighted by Gasteiger charge is 2.24. The van der Waals surface area contributed by atoms with E-state index in [1.165, 1.54) is 6.92 Å². The predicted molar refractivity (Wildman–Crippen MR) is 46.5 cm³/mol. The van der Waals surface area contributed by atoms with Crippen LogP contribution in [0.2, 0.25) is 0 Å². The van der Waals surface area contributed by atoms with E-state index in [4.69, 9.17) is 20.1 Å². The normalized spacial score (nSPS) is 14.2. The summed E-state index contributed by atoms with van der Waals surface area (Å²) in [4.78, 5) is 31.0. The molecule has 2 unspecified atom stereocenters. The van der Waals surface area contributed by atoms with Gasteiger partial charge in [0.1, 0.15) is 0 Å². The molecule has 86 valence electrons. The monoisotopic (exact) mass is 220 g/mol. The van der Waals surface area contributed by atoms with Crippen molar-refractivity contribution >= 4 is 17.9 Å². The van der Waals surface area contributed by atoms with Crippen LogP contribution in [0.1, 0.15) is 19.8 Å². The summed E-state index contributed by atoms with van der Waals surface area (Å²) in [5, 5.41) is 25.3. The molecule has 15 heavy (non-hydrogen) atoms. The fourth-order valence-corrected chi connectivity index (χ4v) is 0.927. The number of ether oxygens (including phenoxy) is 1. The van der Waals surface area contributed by atoms with Gasteiger partial charge >= 0.3 is 17.9 Å². The van der Waals surface area contributed by atoms with Crippen molar-refractivity contribution in [1.82, 2.24) is 0 Å². The second-order valence-corrected chi connectivity index (χ2v) is 2.97. The van der Waals surface area contributed by atoms with Crippen molar-refractivity contribution in [3.8, 4) is 0 Å². The molecular weight excluding hydrogens is 208 g/mol. The summed E-state index contributed by atoms with van der Waals surface area (Å²) < 4.78 is 4.77. The van der Waals surface area contributed by atoms with Crippen molar-refractivity contribution in [2.45, 2.75) is 32.0 Å². The number of rotatable bonds is 7. The molecule has 3 N–H and O–H groups in total. The highest BCUT2D eigenvalue weighted by atomic mass is 16.5. The van der Waals surface area contributed by atoms with Gasteiger partial charge in [0.15, 0.2) is 6.10 Å². The van der Waals surface area contributed by atoms with E-state index in [2.05, 4.69) is 0 Å². The molecule has 0 aliphatic heterocycles. The van der Waals surface area contributed by atoms with Crippen LogP contribution in [0.4, 0.5) is 0 Å². The Labute approximate surface area is 85.3 Å². The average Bonchev–Trinajstić information content (AvgIpc) is 1.99. The van der Waals surface area contributed by atoms with E-state index in [0.29, 0.717) is 0 Å². The van der Waals surface area contributed by atoms with Crippen molar-refractivity contribution in [3.05, 3.63) is 0 Å². The minimum absolute atomic E-state index is 0.372. The van der Waals surface area contributed by atoms with Gasteiger partial charge < -0.3 is 20.1 Å². The Hall–Kier alpha value is -1.63. The molecule has 0 aromatic rings. The van der Waals surface area contributed by atoms with Crippen LogP contribution < -0.4 is 0 Å². The maximum absolute atomic E-state index is 10.5. The third-order valence-corrected chi connectivity index (χ3v) is 1.49. The van der Waals surface area contributed by atoms with Crippen molar-refractivity contribution in [1.29, 1.82) is 0 Å². The Morgan fingerprint density at radius 1 is 1.07 bits per heavy atom. The van der Waals surface area contributed by atoms with Crippen LogP contribution in [-0.4, -0.2) is 45.4 Å². The molecule has 0 rings (SSSR count). The van der Waals surface area contributed by atoms with Crippen LogP contribution in [0.5, 0.6) is 0 Å². The van der Waals surface area contributed by atoms with E-state index in [1.807, 2.05) is 0 Å². The Kier molecular flexibility index (Phi) is 5.32. The average molecular weight is 220 g/mol. The van der Waals surface area contributed by atoms with Gasteiger partial charge in [0.25, 0.3) is 0 Å². The molecule has 0 aromatic heterocycles. The van der Waals surface area contributed by atoms with Crippen LogP contribution in [0, 0.1) is 0 Å². The smallest absolute Gasteiger partial charge is 0.333 e. The molecule has 0 radical (unpaired) electrons. The lowest BCUT2D eigenvalue weighted by atomic mass is 10.2. The number of aliphatic carboxylic acids is 3. The minimum atomic E-state index is -1.52. The van der Waals surface area contributed by atoms with E-state index >= 15 is 0 Å². The van der Waals surface area contributed by atoms with Crippen LogP contribution in [0.3, 0.4) is 0 Å². The number of hydrogen-bond donors (Lipinski definition) is 3. The predicted octanol–water partition coefficient (Wildman–Crippen LogP) is -0.206. The Bertz CT molecular complexity index is 260. The van der Waals surface area contributed by atoms with E-state index in [9.17, 15) is 14.4 Å². The summed E-state index contributed by atoms with van der Waals surface area (Å²) in [5.41, 5.74) is 0. The first-order chi connectivity index (χ1) is 6.82. The summed E-state index contributed by atoms with van der Waals surface area (Å²) in [5.74, 6) is -3.87. The van der Waals surface area contributed by atoms with Gasteiger partial charge in [-0.25, -0.2) is 4.79 Å². The Balaban J connectivity index is 4.21. The lowest BCUT2D eigenvalue weighted by molar-refractivity contribution is -0.162. The molecule has 0 amide bonds. The fraction of sp³-hybridized carbons (Fsp3) is 0.625. The molecule has 7 nitrogen and oxygen atoms in total. The Morgan fingerprint density at radius 3 is 1.87 bits per heavy atom. The van der Waals surface area contributed by atoms with E-state index in [0.717, 1.165) is 0 Å².